The normalized spacial score (nSPS) is 17.3. The molecule has 2 aromatic rings. The fourth-order valence-corrected chi connectivity index (χ4v) is 5.70. The molecule has 6 nitrogen and oxygen atoms in total. The van der Waals surface area contributed by atoms with Crippen LogP contribution in [0.1, 0.15) is 37.4 Å². The smallest absolute Gasteiger partial charge is 0.252 e. The van der Waals surface area contributed by atoms with Gasteiger partial charge in [-0.25, -0.2) is 8.42 Å². The Balaban J connectivity index is 1.70. The Labute approximate surface area is 135 Å². The van der Waals surface area contributed by atoms with Crippen LogP contribution in [0.15, 0.2) is 24.7 Å². The van der Waals surface area contributed by atoms with Crippen molar-refractivity contribution in [2.45, 2.75) is 29.9 Å². The van der Waals surface area contributed by atoms with Crippen molar-refractivity contribution in [3.8, 4) is 0 Å². The molecule has 0 bridgehead atoms. The van der Waals surface area contributed by atoms with Gasteiger partial charge >= 0.3 is 0 Å². The monoisotopic (exact) mass is 391 g/mol. The maximum Gasteiger partial charge on any atom is 0.252 e. The molecule has 9 heteroatoms. The van der Waals surface area contributed by atoms with Crippen molar-refractivity contribution < 1.29 is 12.9 Å². The van der Waals surface area contributed by atoms with Crippen LogP contribution in [0.25, 0.3) is 0 Å². The fraction of sp³-hybridized carbons (Fsp3) is 0.500. The highest BCUT2D eigenvalue weighted by Crippen LogP contribution is 2.35. The molecule has 1 aliphatic rings. The van der Waals surface area contributed by atoms with Crippen molar-refractivity contribution in [2.75, 3.05) is 13.1 Å². The maximum absolute atomic E-state index is 12.4. The molecule has 2 aromatic heterocycles. The van der Waals surface area contributed by atoms with E-state index in [1.165, 1.54) is 15.6 Å². The van der Waals surface area contributed by atoms with Crippen molar-refractivity contribution in [2.24, 2.45) is 0 Å². The predicted molar refractivity (Wildman–Crippen MR) is 81.9 cm³/mol. The topological polar surface area (TPSA) is 76.3 Å². The van der Waals surface area contributed by atoms with Crippen LogP contribution in [0.4, 0.5) is 0 Å². The van der Waals surface area contributed by atoms with Gasteiger partial charge in [-0.1, -0.05) is 19.0 Å². The summed E-state index contributed by atoms with van der Waals surface area (Å²) in [6.07, 6.45) is 0. The number of nitrogens with zero attached hydrogens (tertiary/aromatic N) is 3. The van der Waals surface area contributed by atoms with Crippen molar-refractivity contribution in [3.63, 3.8) is 0 Å². The number of sulfonamides is 1. The first kappa shape index (κ1) is 15.1. The van der Waals surface area contributed by atoms with Crippen LogP contribution in [0.3, 0.4) is 0 Å². The molecule has 1 saturated heterocycles. The van der Waals surface area contributed by atoms with E-state index >= 15 is 0 Å². The number of thiophene rings is 1. The summed E-state index contributed by atoms with van der Waals surface area (Å²) in [5.74, 6) is 1.38. The summed E-state index contributed by atoms with van der Waals surface area (Å²) in [5, 5.41) is 3.91. The molecule has 0 atom stereocenters. The zero-order chi connectivity index (χ0) is 15.2. The van der Waals surface area contributed by atoms with E-state index in [0.29, 0.717) is 29.0 Å². The molecule has 0 aliphatic carbocycles. The van der Waals surface area contributed by atoms with Gasteiger partial charge in [0.1, 0.15) is 4.21 Å². The van der Waals surface area contributed by atoms with E-state index in [1.54, 1.807) is 12.1 Å². The van der Waals surface area contributed by atoms with Crippen LogP contribution >= 0.6 is 27.3 Å². The van der Waals surface area contributed by atoms with E-state index in [0.717, 1.165) is 3.79 Å². The second kappa shape index (κ2) is 5.45. The minimum absolute atomic E-state index is 0.0109. The summed E-state index contributed by atoms with van der Waals surface area (Å²) in [4.78, 5) is 4.32. The molecule has 0 amide bonds. The Bertz CT molecular complexity index is 747. The van der Waals surface area contributed by atoms with Crippen LogP contribution in [0.5, 0.6) is 0 Å². The molecule has 0 radical (unpaired) electrons. The average Bonchev–Trinajstić information content (AvgIpc) is 2.96. The first-order valence-corrected chi connectivity index (χ1v) is 9.52. The second-order valence-electron chi connectivity index (χ2n) is 5.22. The minimum atomic E-state index is -3.40. The van der Waals surface area contributed by atoms with Gasteiger partial charge in [0.2, 0.25) is 5.89 Å². The summed E-state index contributed by atoms with van der Waals surface area (Å²) in [6, 6.07) is 3.35. The van der Waals surface area contributed by atoms with E-state index < -0.39 is 10.0 Å². The zero-order valence-electron chi connectivity index (χ0n) is 11.5. The number of hydrogen-bond donors (Lipinski definition) is 0. The van der Waals surface area contributed by atoms with E-state index in [4.69, 9.17) is 4.52 Å². The Kier molecular flexibility index (Phi) is 3.93. The Morgan fingerprint density at radius 3 is 2.67 bits per heavy atom. The number of aromatic nitrogens is 2. The van der Waals surface area contributed by atoms with Crippen LogP contribution < -0.4 is 0 Å². The summed E-state index contributed by atoms with van der Waals surface area (Å²) >= 11 is 4.49. The molecule has 114 valence electrons. The predicted octanol–water partition coefficient (Wildman–Crippen LogP) is 2.81. The van der Waals surface area contributed by atoms with Gasteiger partial charge in [0.05, 0.1) is 9.70 Å². The highest BCUT2D eigenvalue weighted by molar-refractivity contribution is 9.11. The average molecular weight is 392 g/mol. The van der Waals surface area contributed by atoms with Crippen molar-refractivity contribution >= 4 is 37.3 Å². The molecule has 0 saturated carbocycles. The van der Waals surface area contributed by atoms with E-state index in [9.17, 15) is 8.42 Å². The molecule has 0 N–H and O–H groups in total. The molecule has 0 unspecified atom stereocenters. The molecular weight excluding hydrogens is 378 g/mol. The van der Waals surface area contributed by atoms with E-state index in [1.807, 2.05) is 13.8 Å². The lowest BCUT2D eigenvalue weighted by Crippen LogP contribution is -2.48. The largest absolute Gasteiger partial charge is 0.339 e. The van der Waals surface area contributed by atoms with E-state index in [-0.39, 0.29) is 11.8 Å². The standard InChI is InChI=1S/C12H14BrN3O3S2/c1-7(2)11-14-12(19-15-11)8-5-16(6-8)21(17,18)10-4-3-9(13)20-10/h3-4,7-8H,5-6H2,1-2H3. The van der Waals surface area contributed by atoms with Gasteiger partial charge in [-0.3, -0.25) is 0 Å². The second-order valence-corrected chi connectivity index (χ2v) is 9.85. The summed E-state index contributed by atoms with van der Waals surface area (Å²) < 4.78 is 32.5. The first-order valence-electron chi connectivity index (χ1n) is 6.47. The van der Waals surface area contributed by atoms with E-state index in [2.05, 4.69) is 26.1 Å². The third-order valence-electron chi connectivity index (χ3n) is 3.31. The van der Waals surface area contributed by atoms with Crippen LogP contribution in [-0.2, 0) is 10.0 Å². The third-order valence-corrected chi connectivity index (χ3v) is 7.24. The van der Waals surface area contributed by atoms with Gasteiger partial charge in [-0.15, -0.1) is 11.3 Å². The quantitative estimate of drug-likeness (QED) is 0.800. The highest BCUT2D eigenvalue weighted by atomic mass is 79.9. The zero-order valence-corrected chi connectivity index (χ0v) is 14.7. The molecule has 1 aliphatic heterocycles. The van der Waals surface area contributed by atoms with Crippen molar-refractivity contribution in [1.82, 2.24) is 14.4 Å². The maximum atomic E-state index is 12.4. The Hall–Kier alpha value is -0.770. The Morgan fingerprint density at radius 2 is 2.14 bits per heavy atom. The number of halogens is 1. The molecule has 3 heterocycles. The molecule has 1 fully saturated rings. The van der Waals surface area contributed by atoms with Gasteiger partial charge in [0.25, 0.3) is 10.0 Å². The lowest BCUT2D eigenvalue weighted by Gasteiger charge is -2.35. The van der Waals surface area contributed by atoms with Crippen LogP contribution in [0, 0.1) is 0 Å². The van der Waals surface area contributed by atoms with Crippen LogP contribution in [-0.4, -0.2) is 36.0 Å². The van der Waals surface area contributed by atoms with Crippen LogP contribution in [0.2, 0.25) is 0 Å². The highest BCUT2D eigenvalue weighted by Gasteiger charge is 2.41. The molecule has 3 rings (SSSR count). The minimum Gasteiger partial charge on any atom is -0.339 e. The SMILES string of the molecule is CC(C)c1noc(C2CN(S(=O)(=O)c3ccc(Br)s3)C2)n1. The number of rotatable bonds is 4. The third kappa shape index (κ3) is 2.79. The fourth-order valence-electron chi connectivity index (χ4n) is 2.00. The first-order chi connectivity index (χ1) is 9.88. The van der Waals surface area contributed by atoms with Crippen molar-refractivity contribution in [3.05, 3.63) is 27.6 Å². The van der Waals surface area contributed by atoms with Gasteiger partial charge in [0, 0.05) is 19.0 Å². The van der Waals surface area contributed by atoms with Gasteiger partial charge in [-0.05, 0) is 28.1 Å². The summed E-state index contributed by atoms with van der Waals surface area (Å²) in [6.45, 7) is 4.75. The molecular formula is C12H14BrN3O3S2. The molecule has 0 spiro atoms. The van der Waals surface area contributed by atoms with Crippen molar-refractivity contribution in [1.29, 1.82) is 0 Å². The summed E-state index contributed by atoms with van der Waals surface area (Å²) in [7, 11) is -3.40. The Morgan fingerprint density at radius 1 is 1.43 bits per heavy atom. The molecule has 21 heavy (non-hydrogen) atoms. The lowest BCUT2D eigenvalue weighted by atomic mass is 10.0. The van der Waals surface area contributed by atoms with Gasteiger partial charge < -0.3 is 4.52 Å². The van der Waals surface area contributed by atoms with Gasteiger partial charge in [-0.2, -0.15) is 9.29 Å². The van der Waals surface area contributed by atoms with Gasteiger partial charge in [0.15, 0.2) is 5.82 Å². The molecule has 0 aromatic carbocycles. The summed E-state index contributed by atoms with van der Waals surface area (Å²) in [5.41, 5.74) is 0. The number of hydrogen-bond acceptors (Lipinski definition) is 6. The lowest BCUT2D eigenvalue weighted by molar-refractivity contribution is 0.217.